The summed E-state index contributed by atoms with van der Waals surface area (Å²) in [7, 11) is 0. The van der Waals surface area contributed by atoms with E-state index in [1.807, 2.05) is 18.3 Å². The van der Waals surface area contributed by atoms with E-state index in [-0.39, 0.29) is 0 Å². The van der Waals surface area contributed by atoms with Crippen LogP contribution >= 0.6 is 11.6 Å². The lowest BCUT2D eigenvalue weighted by Gasteiger charge is -2.18. The molecule has 4 heteroatoms. The van der Waals surface area contributed by atoms with Gasteiger partial charge in [-0.2, -0.15) is 0 Å². The number of nitrogens with zero attached hydrogens (tertiary/aromatic N) is 1. The van der Waals surface area contributed by atoms with Crippen LogP contribution in [0.25, 0.3) is 0 Å². The summed E-state index contributed by atoms with van der Waals surface area (Å²) in [6, 6.07) is 8.38. The van der Waals surface area contributed by atoms with Crippen molar-refractivity contribution in [3.63, 3.8) is 0 Å². The number of nitrogens with one attached hydrogen (secondary N) is 2. The van der Waals surface area contributed by atoms with E-state index in [1.165, 1.54) is 5.56 Å². The predicted molar refractivity (Wildman–Crippen MR) is 74.5 cm³/mol. The molecule has 1 unspecified atom stereocenters. The second-order valence-corrected chi connectivity index (χ2v) is 4.75. The monoisotopic (exact) mass is 263 g/mol. The highest BCUT2D eigenvalue weighted by Crippen LogP contribution is 2.20. The summed E-state index contributed by atoms with van der Waals surface area (Å²) in [6.45, 7) is 2.94. The number of halogens is 1. The Balaban J connectivity index is 2.01. The fraction of sp³-hybridized carbons (Fsp3) is 0.357. The van der Waals surface area contributed by atoms with Crippen molar-refractivity contribution in [2.75, 3.05) is 0 Å². The van der Waals surface area contributed by atoms with Crippen molar-refractivity contribution >= 4 is 11.6 Å². The maximum atomic E-state index is 5.92. The number of imidazole rings is 1. The minimum Gasteiger partial charge on any atom is -0.348 e. The lowest BCUT2D eigenvalue weighted by atomic mass is 10.0. The molecule has 2 aromatic rings. The second kappa shape index (κ2) is 6.57. The third-order valence-electron chi connectivity index (χ3n) is 2.92. The van der Waals surface area contributed by atoms with E-state index in [4.69, 9.17) is 11.6 Å². The maximum absolute atomic E-state index is 5.92. The molecule has 0 saturated carbocycles. The van der Waals surface area contributed by atoms with Gasteiger partial charge in [-0.3, -0.25) is 0 Å². The predicted octanol–water partition coefficient (Wildman–Crippen LogP) is 3.69. The summed E-state index contributed by atoms with van der Waals surface area (Å²) < 4.78 is 0. The van der Waals surface area contributed by atoms with E-state index in [0.29, 0.717) is 6.04 Å². The van der Waals surface area contributed by atoms with Gasteiger partial charge < -0.3 is 10.3 Å². The molecular formula is C14H18ClN3. The zero-order valence-electron chi connectivity index (χ0n) is 10.5. The van der Waals surface area contributed by atoms with E-state index < -0.39 is 0 Å². The first-order valence-corrected chi connectivity index (χ1v) is 6.64. The van der Waals surface area contributed by atoms with Gasteiger partial charge in [0.15, 0.2) is 0 Å². The number of rotatable bonds is 6. The molecule has 0 amide bonds. The molecule has 1 heterocycles. The molecule has 1 aromatic heterocycles. The second-order valence-electron chi connectivity index (χ2n) is 4.31. The van der Waals surface area contributed by atoms with Gasteiger partial charge in [-0.05, 0) is 24.1 Å². The van der Waals surface area contributed by atoms with Crippen molar-refractivity contribution < 1.29 is 0 Å². The summed E-state index contributed by atoms with van der Waals surface area (Å²) in [5.74, 6) is 0.963. The molecule has 1 aromatic carbocycles. The zero-order valence-corrected chi connectivity index (χ0v) is 11.2. The molecule has 0 saturated heterocycles. The first kappa shape index (κ1) is 13.1. The molecule has 0 radical (unpaired) electrons. The molecule has 1 atom stereocenters. The van der Waals surface area contributed by atoms with Crippen LogP contribution in [0.2, 0.25) is 5.02 Å². The number of hydrogen-bond acceptors (Lipinski definition) is 2. The lowest BCUT2D eigenvalue weighted by Crippen LogP contribution is -2.21. The summed E-state index contributed by atoms with van der Waals surface area (Å²) in [6.07, 6.45) is 5.85. The molecule has 0 aliphatic rings. The number of aromatic amines is 1. The SMILES string of the molecule is CCCC(NCc1ncc[nH]1)c1ccc(Cl)cc1. The van der Waals surface area contributed by atoms with E-state index >= 15 is 0 Å². The Hall–Kier alpha value is -1.32. The van der Waals surface area contributed by atoms with Crippen molar-refractivity contribution in [1.82, 2.24) is 15.3 Å². The fourth-order valence-electron chi connectivity index (χ4n) is 1.98. The van der Waals surface area contributed by atoms with E-state index in [1.54, 1.807) is 6.20 Å². The first-order valence-electron chi connectivity index (χ1n) is 6.26. The van der Waals surface area contributed by atoms with Gasteiger partial charge in [0.25, 0.3) is 0 Å². The van der Waals surface area contributed by atoms with Crippen molar-refractivity contribution in [3.8, 4) is 0 Å². The Bertz CT molecular complexity index is 450. The van der Waals surface area contributed by atoms with Gasteiger partial charge >= 0.3 is 0 Å². The minimum atomic E-state index is 0.345. The quantitative estimate of drug-likeness (QED) is 0.834. The first-order chi connectivity index (χ1) is 8.79. The molecule has 18 heavy (non-hydrogen) atoms. The van der Waals surface area contributed by atoms with Crippen LogP contribution in [0, 0.1) is 0 Å². The van der Waals surface area contributed by atoms with Crippen LogP contribution in [-0.4, -0.2) is 9.97 Å². The number of aromatic nitrogens is 2. The van der Waals surface area contributed by atoms with Crippen LogP contribution in [-0.2, 0) is 6.54 Å². The van der Waals surface area contributed by atoms with Gasteiger partial charge in [0.1, 0.15) is 5.82 Å². The smallest absolute Gasteiger partial charge is 0.120 e. The molecule has 0 aliphatic carbocycles. The van der Waals surface area contributed by atoms with E-state index in [0.717, 1.165) is 30.2 Å². The van der Waals surface area contributed by atoms with E-state index in [9.17, 15) is 0 Å². The topological polar surface area (TPSA) is 40.7 Å². The highest BCUT2D eigenvalue weighted by atomic mass is 35.5. The van der Waals surface area contributed by atoms with Gasteiger partial charge in [-0.25, -0.2) is 4.98 Å². The molecule has 96 valence electrons. The van der Waals surface area contributed by atoms with Gasteiger partial charge in [0, 0.05) is 23.5 Å². The normalized spacial score (nSPS) is 12.6. The Kier molecular flexibility index (Phi) is 4.79. The summed E-state index contributed by atoms with van der Waals surface area (Å²) in [5, 5.41) is 4.30. The van der Waals surface area contributed by atoms with Crippen molar-refractivity contribution in [2.45, 2.75) is 32.4 Å². The molecule has 3 nitrogen and oxygen atoms in total. The molecule has 2 N–H and O–H groups in total. The Morgan fingerprint density at radius 3 is 2.72 bits per heavy atom. The number of H-pyrrole nitrogens is 1. The van der Waals surface area contributed by atoms with Gasteiger partial charge in [-0.1, -0.05) is 37.1 Å². The Labute approximate surface area is 113 Å². The largest absolute Gasteiger partial charge is 0.348 e. The highest BCUT2D eigenvalue weighted by Gasteiger charge is 2.10. The maximum Gasteiger partial charge on any atom is 0.120 e. The van der Waals surface area contributed by atoms with Crippen LogP contribution in [0.5, 0.6) is 0 Å². The standard InChI is InChI=1S/C14H18ClN3/c1-2-3-13(11-4-6-12(15)7-5-11)18-10-14-16-8-9-17-14/h4-9,13,18H,2-3,10H2,1H3,(H,16,17). The number of hydrogen-bond donors (Lipinski definition) is 2. The van der Waals surface area contributed by atoms with Gasteiger partial charge in [0.2, 0.25) is 0 Å². The van der Waals surface area contributed by atoms with Crippen LogP contribution in [0.3, 0.4) is 0 Å². The molecular weight excluding hydrogens is 246 g/mol. The van der Waals surface area contributed by atoms with Crippen molar-refractivity contribution in [2.24, 2.45) is 0 Å². The molecule has 0 fully saturated rings. The van der Waals surface area contributed by atoms with Crippen LogP contribution in [0.1, 0.15) is 37.2 Å². The average molecular weight is 264 g/mol. The molecule has 0 spiro atoms. The van der Waals surface area contributed by atoms with Gasteiger partial charge in [-0.15, -0.1) is 0 Å². The van der Waals surface area contributed by atoms with E-state index in [2.05, 4.69) is 34.3 Å². The Morgan fingerprint density at radius 2 is 2.11 bits per heavy atom. The number of benzene rings is 1. The molecule has 0 bridgehead atoms. The third-order valence-corrected chi connectivity index (χ3v) is 3.17. The summed E-state index contributed by atoms with van der Waals surface area (Å²) in [5.41, 5.74) is 1.27. The Morgan fingerprint density at radius 1 is 1.33 bits per heavy atom. The fourth-order valence-corrected chi connectivity index (χ4v) is 2.11. The molecule has 2 rings (SSSR count). The van der Waals surface area contributed by atoms with Crippen molar-refractivity contribution in [3.05, 3.63) is 53.1 Å². The summed E-state index contributed by atoms with van der Waals surface area (Å²) >= 11 is 5.92. The van der Waals surface area contributed by atoms with Crippen LogP contribution < -0.4 is 5.32 Å². The molecule has 0 aliphatic heterocycles. The van der Waals surface area contributed by atoms with Gasteiger partial charge in [0.05, 0.1) is 6.54 Å². The van der Waals surface area contributed by atoms with Crippen molar-refractivity contribution in [1.29, 1.82) is 0 Å². The lowest BCUT2D eigenvalue weighted by molar-refractivity contribution is 0.486. The highest BCUT2D eigenvalue weighted by molar-refractivity contribution is 6.30. The van der Waals surface area contributed by atoms with Crippen LogP contribution in [0.4, 0.5) is 0 Å². The van der Waals surface area contributed by atoms with Crippen LogP contribution in [0.15, 0.2) is 36.7 Å². The third kappa shape index (κ3) is 3.59. The summed E-state index contributed by atoms with van der Waals surface area (Å²) in [4.78, 5) is 7.32. The minimum absolute atomic E-state index is 0.345. The average Bonchev–Trinajstić information content (AvgIpc) is 2.89. The zero-order chi connectivity index (χ0) is 12.8.